The quantitative estimate of drug-likeness (QED) is 0.852. The van der Waals surface area contributed by atoms with Gasteiger partial charge in [-0.2, -0.15) is 0 Å². The van der Waals surface area contributed by atoms with Crippen LogP contribution in [-0.2, 0) is 23.9 Å². The average Bonchev–Trinajstić information content (AvgIpc) is 2.92. The first-order valence-electron chi connectivity index (χ1n) is 7.44. The van der Waals surface area contributed by atoms with Crippen molar-refractivity contribution in [3.8, 4) is 0 Å². The molecule has 0 spiro atoms. The molecule has 0 unspecified atom stereocenters. The Morgan fingerprint density at radius 3 is 2.87 bits per heavy atom. The third kappa shape index (κ3) is 5.21. The highest BCUT2D eigenvalue weighted by Crippen LogP contribution is 2.13. The second-order valence-corrected chi connectivity index (χ2v) is 7.06. The van der Waals surface area contributed by atoms with Crippen LogP contribution in [0.5, 0.6) is 0 Å². The minimum absolute atomic E-state index is 0.317. The Bertz CT molecular complexity index is 697. The summed E-state index contributed by atoms with van der Waals surface area (Å²) in [6.07, 6.45) is 5.25. The molecule has 0 aliphatic heterocycles. The van der Waals surface area contributed by atoms with Crippen LogP contribution in [0.15, 0.2) is 41.6 Å². The fourth-order valence-electron chi connectivity index (χ4n) is 2.15. The van der Waals surface area contributed by atoms with Gasteiger partial charge in [0.15, 0.2) is 0 Å². The monoisotopic (exact) mass is 334 g/mol. The van der Waals surface area contributed by atoms with E-state index in [1.165, 1.54) is 0 Å². The van der Waals surface area contributed by atoms with Crippen molar-refractivity contribution in [2.24, 2.45) is 5.92 Å². The van der Waals surface area contributed by atoms with Crippen molar-refractivity contribution in [1.82, 2.24) is 14.9 Å². The molecule has 7 heteroatoms. The first kappa shape index (κ1) is 17.2. The van der Waals surface area contributed by atoms with Crippen LogP contribution in [0, 0.1) is 5.92 Å². The molecule has 2 aromatic rings. The van der Waals surface area contributed by atoms with Gasteiger partial charge in [-0.1, -0.05) is 19.9 Å². The van der Waals surface area contributed by atoms with Crippen molar-refractivity contribution in [2.75, 3.05) is 11.6 Å². The molecule has 1 heterocycles. The molecule has 2 amide bonds. The predicted molar refractivity (Wildman–Crippen MR) is 91.7 cm³/mol. The van der Waals surface area contributed by atoms with Crippen LogP contribution in [0.25, 0.3) is 0 Å². The molecule has 0 fully saturated rings. The molecular weight excluding hydrogens is 312 g/mol. The summed E-state index contributed by atoms with van der Waals surface area (Å²) in [5, 5.41) is 5.52. The van der Waals surface area contributed by atoms with Gasteiger partial charge in [0.25, 0.3) is 0 Å². The molecule has 1 aromatic heterocycles. The zero-order chi connectivity index (χ0) is 16.8. The third-order valence-corrected chi connectivity index (χ3v) is 4.11. The molecule has 0 saturated carbocycles. The van der Waals surface area contributed by atoms with Gasteiger partial charge >= 0.3 is 6.03 Å². The Labute approximate surface area is 138 Å². The maximum Gasteiger partial charge on any atom is 0.319 e. The largest absolute Gasteiger partial charge is 0.333 e. The highest BCUT2D eigenvalue weighted by Gasteiger charge is 2.08. The minimum atomic E-state index is -1.08. The molecule has 2 N–H and O–H groups in total. The van der Waals surface area contributed by atoms with E-state index in [2.05, 4.69) is 29.5 Å². The third-order valence-electron chi connectivity index (χ3n) is 3.19. The van der Waals surface area contributed by atoms with Crippen LogP contribution >= 0.6 is 0 Å². The van der Waals surface area contributed by atoms with Gasteiger partial charge in [0.1, 0.15) is 5.82 Å². The molecule has 0 saturated heterocycles. The maximum absolute atomic E-state index is 12.0. The van der Waals surface area contributed by atoms with Crippen LogP contribution in [0.1, 0.15) is 19.7 Å². The SMILES string of the molecule is CC(C)Cn1ccnc1CNC(=O)Nc1cccc([S@](C)=O)c1. The van der Waals surface area contributed by atoms with Crippen molar-refractivity contribution in [3.63, 3.8) is 0 Å². The second kappa shape index (κ2) is 7.92. The molecule has 6 nitrogen and oxygen atoms in total. The number of hydrogen-bond donors (Lipinski definition) is 2. The lowest BCUT2D eigenvalue weighted by Crippen LogP contribution is -2.29. The number of anilines is 1. The van der Waals surface area contributed by atoms with Crippen LogP contribution < -0.4 is 10.6 Å². The molecule has 1 atom stereocenters. The number of hydrogen-bond acceptors (Lipinski definition) is 3. The van der Waals surface area contributed by atoms with Crippen molar-refractivity contribution < 1.29 is 9.00 Å². The summed E-state index contributed by atoms with van der Waals surface area (Å²) in [6.45, 7) is 5.48. The second-order valence-electron chi connectivity index (χ2n) is 5.68. The van der Waals surface area contributed by atoms with Gasteiger partial charge in [-0.15, -0.1) is 0 Å². The fraction of sp³-hybridized carbons (Fsp3) is 0.375. The number of aromatic nitrogens is 2. The van der Waals surface area contributed by atoms with E-state index in [0.29, 0.717) is 23.0 Å². The lowest BCUT2D eigenvalue weighted by atomic mass is 10.2. The highest BCUT2D eigenvalue weighted by atomic mass is 32.2. The molecule has 0 aliphatic carbocycles. The van der Waals surface area contributed by atoms with E-state index >= 15 is 0 Å². The number of carbonyl (C=O) groups is 1. The molecule has 0 radical (unpaired) electrons. The Balaban J connectivity index is 1.92. The molecule has 1 aromatic carbocycles. The Morgan fingerprint density at radius 2 is 2.17 bits per heavy atom. The van der Waals surface area contributed by atoms with E-state index < -0.39 is 10.8 Å². The van der Waals surface area contributed by atoms with Gasteiger partial charge in [-0.3, -0.25) is 4.21 Å². The highest BCUT2D eigenvalue weighted by molar-refractivity contribution is 7.84. The Hall–Kier alpha value is -2.15. The van der Waals surface area contributed by atoms with Crippen molar-refractivity contribution >= 4 is 22.5 Å². The lowest BCUT2D eigenvalue weighted by Gasteiger charge is -2.12. The van der Waals surface area contributed by atoms with Crippen LogP contribution in [0.2, 0.25) is 0 Å². The number of carbonyl (C=O) groups excluding carboxylic acids is 1. The van der Waals surface area contributed by atoms with E-state index in [1.807, 2.05) is 10.8 Å². The number of benzene rings is 1. The van der Waals surface area contributed by atoms with Gasteiger partial charge in [0, 0.05) is 46.6 Å². The zero-order valence-electron chi connectivity index (χ0n) is 13.6. The molecule has 2 rings (SSSR count). The maximum atomic E-state index is 12.0. The predicted octanol–water partition coefficient (Wildman–Crippen LogP) is 2.60. The van der Waals surface area contributed by atoms with Crippen molar-refractivity contribution in [2.45, 2.75) is 31.8 Å². The minimum Gasteiger partial charge on any atom is -0.333 e. The number of nitrogens with one attached hydrogen (secondary N) is 2. The van der Waals surface area contributed by atoms with Gasteiger partial charge in [0.05, 0.1) is 6.54 Å². The van der Waals surface area contributed by atoms with E-state index in [-0.39, 0.29) is 6.03 Å². The van der Waals surface area contributed by atoms with Crippen molar-refractivity contribution in [3.05, 3.63) is 42.5 Å². The summed E-state index contributed by atoms with van der Waals surface area (Å²) in [7, 11) is -1.08. The number of amides is 2. The van der Waals surface area contributed by atoms with Crippen molar-refractivity contribution in [1.29, 1.82) is 0 Å². The van der Waals surface area contributed by atoms with E-state index in [1.54, 1.807) is 36.7 Å². The van der Waals surface area contributed by atoms with E-state index in [4.69, 9.17) is 0 Å². The number of urea groups is 1. The Morgan fingerprint density at radius 1 is 1.39 bits per heavy atom. The van der Waals surface area contributed by atoms with Gasteiger partial charge in [-0.25, -0.2) is 9.78 Å². The summed E-state index contributed by atoms with van der Waals surface area (Å²) in [5.74, 6) is 1.33. The van der Waals surface area contributed by atoms with Gasteiger partial charge < -0.3 is 15.2 Å². The molecule has 0 aliphatic rings. The smallest absolute Gasteiger partial charge is 0.319 e. The van der Waals surface area contributed by atoms with Gasteiger partial charge in [-0.05, 0) is 24.1 Å². The summed E-state index contributed by atoms with van der Waals surface area (Å²) in [5.41, 5.74) is 0.612. The summed E-state index contributed by atoms with van der Waals surface area (Å²) < 4.78 is 13.5. The summed E-state index contributed by atoms with van der Waals surface area (Å²) in [4.78, 5) is 16.9. The van der Waals surface area contributed by atoms with E-state index in [9.17, 15) is 9.00 Å². The Kier molecular flexibility index (Phi) is 5.92. The number of imidazole rings is 1. The molecule has 23 heavy (non-hydrogen) atoms. The standard InChI is InChI=1S/C16H22N4O2S/c1-12(2)11-20-8-7-17-15(20)10-18-16(21)19-13-5-4-6-14(9-13)23(3)22/h4-9,12H,10-11H2,1-3H3,(H2,18,19,21)/t23-/m0/s1. The topological polar surface area (TPSA) is 76.0 Å². The number of rotatable bonds is 6. The average molecular weight is 334 g/mol. The normalized spacial score (nSPS) is 12.2. The molecular formula is C16H22N4O2S. The first-order valence-corrected chi connectivity index (χ1v) is 9.00. The summed E-state index contributed by atoms with van der Waals surface area (Å²) in [6, 6.07) is 6.68. The first-order chi connectivity index (χ1) is 11.0. The lowest BCUT2D eigenvalue weighted by molar-refractivity contribution is 0.251. The van der Waals surface area contributed by atoms with Crippen LogP contribution in [-0.4, -0.2) is 26.0 Å². The van der Waals surface area contributed by atoms with Crippen LogP contribution in [0.3, 0.4) is 0 Å². The number of nitrogens with zero attached hydrogens (tertiary/aromatic N) is 2. The van der Waals surface area contributed by atoms with E-state index in [0.717, 1.165) is 12.4 Å². The zero-order valence-corrected chi connectivity index (χ0v) is 14.4. The molecule has 124 valence electrons. The van der Waals surface area contributed by atoms with Crippen LogP contribution in [0.4, 0.5) is 10.5 Å². The molecule has 0 bridgehead atoms. The van der Waals surface area contributed by atoms with Gasteiger partial charge in [0.2, 0.25) is 0 Å². The fourth-order valence-corrected chi connectivity index (χ4v) is 2.72. The summed E-state index contributed by atoms with van der Waals surface area (Å²) >= 11 is 0.